The van der Waals surface area contributed by atoms with Crippen molar-refractivity contribution in [2.45, 2.75) is 13.0 Å². The Morgan fingerprint density at radius 1 is 1.25 bits per heavy atom. The Hall–Kier alpha value is -2.43. The number of carbonyl (C=O) groups excluding carboxylic acids is 1. The van der Waals surface area contributed by atoms with Crippen molar-refractivity contribution in [2.24, 2.45) is 0 Å². The van der Waals surface area contributed by atoms with Crippen LogP contribution in [0.5, 0.6) is 5.75 Å². The second kappa shape index (κ2) is 7.23. The van der Waals surface area contributed by atoms with Crippen molar-refractivity contribution in [1.29, 1.82) is 0 Å². The number of carbonyl (C=O) groups is 1. The molecule has 1 amide bonds. The normalized spacial score (nSPS) is 10.1. The third-order valence-corrected chi connectivity index (χ3v) is 2.81. The predicted octanol–water partition coefficient (Wildman–Crippen LogP) is 2.41. The number of para-hydroxylation sites is 2. The molecule has 0 unspecified atom stereocenters. The molecule has 1 heterocycles. The highest BCUT2D eigenvalue weighted by Crippen LogP contribution is 2.22. The molecule has 2 rings (SSSR count). The predicted molar refractivity (Wildman–Crippen MR) is 76.7 cm³/mol. The first kappa shape index (κ1) is 14.0. The molecule has 0 aliphatic heterocycles. The second-order valence-electron chi connectivity index (χ2n) is 4.23. The molecule has 0 saturated carbocycles. The number of ether oxygens (including phenoxy) is 1. The lowest BCUT2D eigenvalue weighted by molar-refractivity contribution is -0.121. The summed E-state index contributed by atoms with van der Waals surface area (Å²) in [6, 6.07) is 11.2. The van der Waals surface area contributed by atoms with Crippen molar-refractivity contribution < 1.29 is 13.9 Å². The van der Waals surface area contributed by atoms with Crippen molar-refractivity contribution >= 4 is 11.6 Å². The molecule has 5 heteroatoms. The zero-order valence-electron chi connectivity index (χ0n) is 11.4. The minimum Gasteiger partial charge on any atom is -0.495 e. The smallest absolute Gasteiger partial charge is 0.222 e. The summed E-state index contributed by atoms with van der Waals surface area (Å²) in [6.45, 7) is 0.963. The zero-order valence-corrected chi connectivity index (χ0v) is 11.4. The van der Waals surface area contributed by atoms with E-state index < -0.39 is 0 Å². The summed E-state index contributed by atoms with van der Waals surface area (Å²) in [5.74, 6) is 1.49. The molecule has 0 aliphatic carbocycles. The van der Waals surface area contributed by atoms with Crippen LogP contribution in [0.25, 0.3) is 0 Å². The largest absolute Gasteiger partial charge is 0.495 e. The van der Waals surface area contributed by atoms with Gasteiger partial charge in [-0.25, -0.2) is 0 Å². The highest BCUT2D eigenvalue weighted by Gasteiger charge is 2.04. The summed E-state index contributed by atoms with van der Waals surface area (Å²) in [5.41, 5.74) is 0.883. The molecule has 0 fully saturated rings. The van der Waals surface area contributed by atoms with Crippen LogP contribution in [0, 0.1) is 0 Å². The average molecular weight is 274 g/mol. The quantitative estimate of drug-likeness (QED) is 0.814. The molecule has 0 radical (unpaired) electrons. The fraction of sp³-hybridized carbons (Fsp3) is 0.267. The van der Waals surface area contributed by atoms with E-state index in [0.717, 1.165) is 17.2 Å². The maximum absolute atomic E-state index is 11.7. The molecule has 2 N–H and O–H groups in total. The minimum absolute atomic E-state index is 0.0243. The minimum atomic E-state index is -0.0243. The molecule has 2 aromatic rings. The number of amides is 1. The van der Waals surface area contributed by atoms with E-state index in [-0.39, 0.29) is 5.91 Å². The number of methoxy groups -OCH3 is 1. The molecule has 0 aliphatic rings. The summed E-state index contributed by atoms with van der Waals surface area (Å²) >= 11 is 0. The topological polar surface area (TPSA) is 63.5 Å². The molecule has 5 nitrogen and oxygen atoms in total. The SMILES string of the molecule is COc1ccccc1NCCC(=O)NCc1ccco1. The summed E-state index contributed by atoms with van der Waals surface area (Å²) in [4.78, 5) is 11.7. The standard InChI is InChI=1S/C15H18N2O3/c1-19-14-7-3-2-6-13(14)16-9-8-15(18)17-11-12-5-4-10-20-12/h2-7,10,16H,8-9,11H2,1H3,(H,17,18). The Labute approximate surface area is 117 Å². The van der Waals surface area contributed by atoms with Gasteiger partial charge in [-0.05, 0) is 24.3 Å². The van der Waals surface area contributed by atoms with Crippen LogP contribution in [-0.4, -0.2) is 19.6 Å². The van der Waals surface area contributed by atoms with Crippen LogP contribution in [-0.2, 0) is 11.3 Å². The molecule has 0 saturated heterocycles. The first-order valence-corrected chi connectivity index (χ1v) is 6.45. The molecular formula is C15H18N2O3. The number of furan rings is 1. The van der Waals surface area contributed by atoms with Gasteiger partial charge in [0.1, 0.15) is 11.5 Å². The molecule has 0 spiro atoms. The Morgan fingerprint density at radius 3 is 2.85 bits per heavy atom. The van der Waals surface area contributed by atoms with Crippen LogP contribution >= 0.6 is 0 Å². The van der Waals surface area contributed by atoms with E-state index in [1.54, 1.807) is 19.4 Å². The van der Waals surface area contributed by atoms with Crippen molar-refractivity contribution in [3.8, 4) is 5.75 Å². The van der Waals surface area contributed by atoms with Crippen LogP contribution < -0.4 is 15.4 Å². The van der Waals surface area contributed by atoms with Crippen molar-refractivity contribution in [3.05, 3.63) is 48.4 Å². The fourth-order valence-electron chi connectivity index (χ4n) is 1.79. The van der Waals surface area contributed by atoms with E-state index in [4.69, 9.17) is 9.15 Å². The third kappa shape index (κ3) is 4.05. The van der Waals surface area contributed by atoms with Crippen molar-refractivity contribution in [3.63, 3.8) is 0 Å². The molecule has 1 aromatic heterocycles. The molecule has 0 atom stereocenters. The lowest BCUT2D eigenvalue weighted by Gasteiger charge is -2.10. The van der Waals surface area contributed by atoms with Gasteiger partial charge in [0, 0.05) is 13.0 Å². The van der Waals surface area contributed by atoms with E-state index in [1.807, 2.05) is 30.3 Å². The molecular weight excluding hydrogens is 256 g/mol. The Kier molecular flexibility index (Phi) is 5.06. The third-order valence-electron chi connectivity index (χ3n) is 2.81. The summed E-state index contributed by atoms with van der Waals surface area (Å²) < 4.78 is 10.4. The van der Waals surface area contributed by atoms with E-state index in [1.165, 1.54) is 0 Å². The number of hydrogen-bond acceptors (Lipinski definition) is 4. The highest BCUT2D eigenvalue weighted by atomic mass is 16.5. The van der Waals surface area contributed by atoms with E-state index >= 15 is 0 Å². The van der Waals surface area contributed by atoms with Gasteiger partial charge in [-0.15, -0.1) is 0 Å². The molecule has 20 heavy (non-hydrogen) atoms. The van der Waals surface area contributed by atoms with Gasteiger partial charge in [-0.2, -0.15) is 0 Å². The van der Waals surface area contributed by atoms with Gasteiger partial charge in [-0.3, -0.25) is 4.79 Å². The van der Waals surface area contributed by atoms with Crippen LogP contribution in [0.15, 0.2) is 47.1 Å². The van der Waals surface area contributed by atoms with Gasteiger partial charge in [0.15, 0.2) is 0 Å². The molecule has 0 bridgehead atoms. The first-order chi connectivity index (χ1) is 9.79. The van der Waals surface area contributed by atoms with Gasteiger partial charge >= 0.3 is 0 Å². The van der Waals surface area contributed by atoms with Crippen molar-refractivity contribution in [1.82, 2.24) is 5.32 Å². The highest BCUT2D eigenvalue weighted by molar-refractivity contribution is 5.76. The summed E-state index contributed by atoms with van der Waals surface area (Å²) in [5, 5.41) is 5.97. The van der Waals surface area contributed by atoms with E-state index in [9.17, 15) is 4.79 Å². The fourth-order valence-corrected chi connectivity index (χ4v) is 1.79. The van der Waals surface area contributed by atoms with Crippen LogP contribution in [0.1, 0.15) is 12.2 Å². The Balaban J connectivity index is 1.71. The molecule has 106 valence electrons. The van der Waals surface area contributed by atoms with Crippen LogP contribution in [0.3, 0.4) is 0 Å². The van der Waals surface area contributed by atoms with Gasteiger partial charge in [0.05, 0.1) is 25.6 Å². The van der Waals surface area contributed by atoms with Crippen LogP contribution in [0.2, 0.25) is 0 Å². The lowest BCUT2D eigenvalue weighted by atomic mass is 10.3. The number of benzene rings is 1. The number of hydrogen-bond donors (Lipinski definition) is 2. The average Bonchev–Trinajstić information content (AvgIpc) is 2.99. The number of nitrogens with one attached hydrogen (secondary N) is 2. The summed E-state index contributed by atoms with van der Waals surface area (Å²) in [7, 11) is 1.62. The van der Waals surface area contributed by atoms with Gasteiger partial charge < -0.3 is 19.8 Å². The number of rotatable bonds is 7. The van der Waals surface area contributed by atoms with Crippen molar-refractivity contribution in [2.75, 3.05) is 19.0 Å². The Bertz CT molecular complexity index is 538. The molecule has 1 aromatic carbocycles. The first-order valence-electron chi connectivity index (χ1n) is 6.45. The van der Waals surface area contributed by atoms with Crippen LogP contribution in [0.4, 0.5) is 5.69 Å². The lowest BCUT2D eigenvalue weighted by Crippen LogP contribution is -2.24. The van der Waals surface area contributed by atoms with Gasteiger partial charge in [0.2, 0.25) is 5.91 Å². The van der Waals surface area contributed by atoms with E-state index in [0.29, 0.717) is 19.5 Å². The Morgan fingerprint density at radius 2 is 2.10 bits per heavy atom. The second-order valence-corrected chi connectivity index (χ2v) is 4.23. The summed E-state index contributed by atoms with van der Waals surface area (Å²) in [6.07, 6.45) is 1.98. The maximum atomic E-state index is 11.7. The number of anilines is 1. The van der Waals surface area contributed by atoms with E-state index in [2.05, 4.69) is 10.6 Å². The maximum Gasteiger partial charge on any atom is 0.222 e. The van der Waals surface area contributed by atoms with Gasteiger partial charge in [0.25, 0.3) is 0 Å². The monoisotopic (exact) mass is 274 g/mol. The zero-order chi connectivity index (χ0) is 14.2. The van der Waals surface area contributed by atoms with Gasteiger partial charge in [-0.1, -0.05) is 12.1 Å².